The number of rotatable bonds is 6. The van der Waals surface area contributed by atoms with Crippen molar-refractivity contribution in [1.29, 1.82) is 0 Å². The Bertz CT molecular complexity index is 323. The van der Waals surface area contributed by atoms with Gasteiger partial charge in [0.1, 0.15) is 0 Å². The molecule has 0 N–H and O–H groups in total. The standard InChI is InChI=1S/C12H14F2O/c1-2-3-4-5-9-15-11-8-6-7-10(13)12(11)14/h2,6-8H,1,3-5,9H2. The molecule has 3 heteroatoms. The summed E-state index contributed by atoms with van der Waals surface area (Å²) in [6.07, 6.45) is 4.49. The van der Waals surface area contributed by atoms with Crippen molar-refractivity contribution in [2.75, 3.05) is 6.61 Å². The molecular weight excluding hydrogens is 198 g/mol. The van der Waals surface area contributed by atoms with Crippen LogP contribution in [0.4, 0.5) is 8.78 Å². The molecule has 0 unspecified atom stereocenters. The van der Waals surface area contributed by atoms with Crippen molar-refractivity contribution >= 4 is 0 Å². The average molecular weight is 212 g/mol. The Morgan fingerprint density at radius 3 is 2.80 bits per heavy atom. The number of unbranched alkanes of at least 4 members (excludes halogenated alkanes) is 2. The molecule has 0 fully saturated rings. The monoisotopic (exact) mass is 212 g/mol. The molecule has 0 aliphatic rings. The van der Waals surface area contributed by atoms with Crippen molar-refractivity contribution in [3.8, 4) is 5.75 Å². The summed E-state index contributed by atoms with van der Waals surface area (Å²) in [5.74, 6) is -1.81. The van der Waals surface area contributed by atoms with Gasteiger partial charge in [0.2, 0.25) is 5.82 Å². The van der Waals surface area contributed by atoms with Gasteiger partial charge in [-0.3, -0.25) is 0 Å². The lowest BCUT2D eigenvalue weighted by Crippen LogP contribution is -2.00. The molecule has 1 aromatic carbocycles. The molecule has 1 rings (SSSR count). The van der Waals surface area contributed by atoms with Crippen LogP contribution < -0.4 is 4.74 Å². The Labute approximate surface area is 88.4 Å². The lowest BCUT2D eigenvalue weighted by Gasteiger charge is -2.06. The van der Waals surface area contributed by atoms with Gasteiger partial charge in [0.05, 0.1) is 6.61 Å². The molecule has 0 bridgehead atoms. The number of ether oxygens (including phenoxy) is 1. The van der Waals surface area contributed by atoms with Gasteiger partial charge in [-0.2, -0.15) is 4.39 Å². The van der Waals surface area contributed by atoms with E-state index in [1.165, 1.54) is 12.1 Å². The zero-order chi connectivity index (χ0) is 11.1. The van der Waals surface area contributed by atoms with Crippen LogP contribution in [0.5, 0.6) is 5.75 Å². The van der Waals surface area contributed by atoms with Crippen LogP contribution in [0.3, 0.4) is 0 Å². The number of halogens is 2. The van der Waals surface area contributed by atoms with Crippen LogP contribution in [-0.4, -0.2) is 6.61 Å². The predicted octanol–water partition coefficient (Wildman–Crippen LogP) is 3.70. The van der Waals surface area contributed by atoms with Crippen molar-refractivity contribution < 1.29 is 13.5 Å². The summed E-state index contributed by atoms with van der Waals surface area (Å²) in [6, 6.07) is 3.92. The molecule has 1 nitrogen and oxygen atoms in total. The number of allylic oxidation sites excluding steroid dienone is 1. The first kappa shape index (κ1) is 11.7. The van der Waals surface area contributed by atoms with E-state index < -0.39 is 11.6 Å². The summed E-state index contributed by atoms with van der Waals surface area (Å²) in [4.78, 5) is 0. The van der Waals surface area contributed by atoms with E-state index in [0.717, 1.165) is 25.3 Å². The van der Waals surface area contributed by atoms with Crippen LogP contribution >= 0.6 is 0 Å². The van der Waals surface area contributed by atoms with Gasteiger partial charge in [-0.25, -0.2) is 4.39 Å². The minimum Gasteiger partial charge on any atom is -0.490 e. The molecule has 0 atom stereocenters. The van der Waals surface area contributed by atoms with E-state index in [-0.39, 0.29) is 5.75 Å². The first-order valence-electron chi connectivity index (χ1n) is 4.93. The molecule has 0 aliphatic carbocycles. The summed E-state index contributed by atoms with van der Waals surface area (Å²) < 4.78 is 30.9. The van der Waals surface area contributed by atoms with E-state index >= 15 is 0 Å². The second-order valence-corrected chi connectivity index (χ2v) is 3.18. The normalized spacial score (nSPS) is 10.0. The zero-order valence-electron chi connectivity index (χ0n) is 8.51. The summed E-state index contributed by atoms with van der Waals surface area (Å²) >= 11 is 0. The molecule has 0 aliphatic heterocycles. The van der Waals surface area contributed by atoms with Crippen molar-refractivity contribution in [1.82, 2.24) is 0 Å². The molecule has 82 valence electrons. The second kappa shape index (κ2) is 6.17. The molecule has 0 amide bonds. The van der Waals surface area contributed by atoms with Gasteiger partial charge in [0.15, 0.2) is 11.6 Å². The predicted molar refractivity (Wildman–Crippen MR) is 55.9 cm³/mol. The lowest BCUT2D eigenvalue weighted by atomic mass is 10.2. The molecule has 0 aromatic heterocycles. The van der Waals surface area contributed by atoms with Crippen LogP contribution in [0, 0.1) is 11.6 Å². The van der Waals surface area contributed by atoms with Gasteiger partial charge in [0.25, 0.3) is 0 Å². The molecule has 0 saturated heterocycles. The first-order valence-corrected chi connectivity index (χ1v) is 4.93. The fourth-order valence-electron chi connectivity index (χ4n) is 1.17. The summed E-state index contributed by atoms with van der Waals surface area (Å²) in [6.45, 7) is 3.99. The second-order valence-electron chi connectivity index (χ2n) is 3.18. The molecule has 0 saturated carbocycles. The third-order valence-corrected chi connectivity index (χ3v) is 1.98. The maximum Gasteiger partial charge on any atom is 0.200 e. The smallest absolute Gasteiger partial charge is 0.200 e. The number of hydrogen-bond acceptors (Lipinski definition) is 1. The quantitative estimate of drug-likeness (QED) is 0.516. The van der Waals surface area contributed by atoms with Gasteiger partial charge in [0, 0.05) is 0 Å². The molecule has 15 heavy (non-hydrogen) atoms. The van der Waals surface area contributed by atoms with E-state index in [0.29, 0.717) is 6.61 Å². The number of hydrogen-bond donors (Lipinski definition) is 0. The highest BCUT2D eigenvalue weighted by Crippen LogP contribution is 2.19. The third kappa shape index (κ3) is 3.70. The highest BCUT2D eigenvalue weighted by molar-refractivity contribution is 5.24. The van der Waals surface area contributed by atoms with Crippen LogP contribution in [0.2, 0.25) is 0 Å². The Kier molecular flexibility index (Phi) is 4.81. The van der Waals surface area contributed by atoms with E-state index in [2.05, 4.69) is 6.58 Å². The fraction of sp³-hybridized carbons (Fsp3) is 0.333. The Morgan fingerprint density at radius 2 is 2.07 bits per heavy atom. The van der Waals surface area contributed by atoms with Crippen molar-refractivity contribution in [2.24, 2.45) is 0 Å². The van der Waals surface area contributed by atoms with Gasteiger partial charge in [-0.05, 0) is 31.4 Å². The highest BCUT2D eigenvalue weighted by atomic mass is 19.2. The Hall–Kier alpha value is -1.38. The summed E-state index contributed by atoms with van der Waals surface area (Å²) in [7, 11) is 0. The largest absolute Gasteiger partial charge is 0.490 e. The molecular formula is C12H14F2O. The molecule has 0 heterocycles. The van der Waals surface area contributed by atoms with Gasteiger partial charge in [-0.15, -0.1) is 6.58 Å². The van der Waals surface area contributed by atoms with Crippen LogP contribution in [0.15, 0.2) is 30.9 Å². The maximum atomic E-state index is 13.1. The molecule has 1 aromatic rings. The third-order valence-electron chi connectivity index (χ3n) is 1.98. The van der Waals surface area contributed by atoms with E-state index in [1.807, 2.05) is 6.08 Å². The topological polar surface area (TPSA) is 9.23 Å². The average Bonchev–Trinajstić information content (AvgIpc) is 2.24. The molecule has 0 radical (unpaired) electrons. The highest BCUT2D eigenvalue weighted by Gasteiger charge is 2.07. The van der Waals surface area contributed by atoms with Gasteiger partial charge >= 0.3 is 0 Å². The van der Waals surface area contributed by atoms with E-state index in [1.54, 1.807) is 0 Å². The first-order chi connectivity index (χ1) is 7.25. The van der Waals surface area contributed by atoms with E-state index in [9.17, 15) is 8.78 Å². The van der Waals surface area contributed by atoms with Crippen molar-refractivity contribution in [2.45, 2.75) is 19.3 Å². The Balaban J connectivity index is 2.37. The summed E-state index contributed by atoms with van der Waals surface area (Å²) in [5.41, 5.74) is 0. The maximum absolute atomic E-state index is 13.1. The van der Waals surface area contributed by atoms with Crippen LogP contribution in [0.25, 0.3) is 0 Å². The minimum atomic E-state index is -0.916. The minimum absolute atomic E-state index is 0.0198. The van der Waals surface area contributed by atoms with Crippen molar-refractivity contribution in [3.63, 3.8) is 0 Å². The fourth-order valence-corrected chi connectivity index (χ4v) is 1.17. The summed E-state index contributed by atoms with van der Waals surface area (Å²) in [5, 5.41) is 0. The zero-order valence-corrected chi connectivity index (χ0v) is 8.51. The lowest BCUT2D eigenvalue weighted by molar-refractivity contribution is 0.287. The van der Waals surface area contributed by atoms with E-state index in [4.69, 9.17) is 4.74 Å². The molecule has 0 spiro atoms. The van der Waals surface area contributed by atoms with Crippen LogP contribution in [-0.2, 0) is 0 Å². The number of benzene rings is 1. The van der Waals surface area contributed by atoms with Gasteiger partial charge < -0.3 is 4.74 Å². The van der Waals surface area contributed by atoms with Crippen molar-refractivity contribution in [3.05, 3.63) is 42.5 Å². The SMILES string of the molecule is C=CCCCCOc1cccc(F)c1F. The Morgan fingerprint density at radius 1 is 1.27 bits per heavy atom. The van der Waals surface area contributed by atoms with Gasteiger partial charge in [-0.1, -0.05) is 12.1 Å². The van der Waals surface area contributed by atoms with Crippen LogP contribution in [0.1, 0.15) is 19.3 Å².